The fourth-order valence-corrected chi connectivity index (χ4v) is 2.56. The van der Waals surface area contributed by atoms with E-state index in [4.69, 9.17) is 4.74 Å². The molecule has 0 bridgehead atoms. The molecule has 1 saturated heterocycles. The lowest BCUT2D eigenvalue weighted by Gasteiger charge is -2.27. The highest BCUT2D eigenvalue weighted by Crippen LogP contribution is 2.17. The average molecular weight is 341 g/mol. The molecule has 1 aliphatic rings. The van der Waals surface area contributed by atoms with Crippen LogP contribution in [0.4, 0.5) is 8.78 Å². The van der Waals surface area contributed by atoms with Crippen LogP contribution in [-0.4, -0.2) is 56.7 Å². The van der Waals surface area contributed by atoms with Gasteiger partial charge in [0.25, 0.3) is 0 Å². The third-order valence-corrected chi connectivity index (χ3v) is 3.88. The zero-order chi connectivity index (χ0) is 17.2. The first-order chi connectivity index (χ1) is 11.6. The molecule has 1 aromatic rings. The summed E-state index contributed by atoms with van der Waals surface area (Å²) in [4.78, 5) is 14.1. The summed E-state index contributed by atoms with van der Waals surface area (Å²) in [6, 6.07) is 3.17. The summed E-state index contributed by atoms with van der Waals surface area (Å²) in [6.45, 7) is 6.06. The maximum atomic E-state index is 13.3. The van der Waals surface area contributed by atoms with Gasteiger partial charge in [-0.3, -0.25) is 4.79 Å². The van der Waals surface area contributed by atoms with Gasteiger partial charge in [0, 0.05) is 45.2 Å². The van der Waals surface area contributed by atoms with Gasteiger partial charge in [-0.15, -0.1) is 0 Å². The predicted octanol–water partition coefficient (Wildman–Crippen LogP) is 1.54. The second kappa shape index (κ2) is 10.2. The van der Waals surface area contributed by atoms with Gasteiger partial charge in [-0.05, 0) is 31.5 Å². The van der Waals surface area contributed by atoms with Crippen molar-refractivity contribution in [3.63, 3.8) is 0 Å². The van der Waals surface area contributed by atoms with Crippen LogP contribution < -0.4 is 15.4 Å². The second-order valence-electron chi connectivity index (χ2n) is 5.82. The summed E-state index contributed by atoms with van der Waals surface area (Å²) in [5.41, 5.74) is 0. The van der Waals surface area contributed by atoms with Crippen LogP contribution in [-0.2, 0) is 4.79 Å². The molecule has 1 aliphatic heterocycles. The molecular formula is C17H25F2N3O2. The minimum Gasteiger partial charge on any atom is -0.491 e. The van der Waals surface area contributed by atoms with E-state index in [1.165, 1.54) is 6.07 Å². The van der Waals surface area contributed by atoms with Crippen LogP contribution in [0.5, 0.6) is 5.75 Å². The summed E-state index contributed by atoms with van der Waals surface area (Å²) in [7, 11) is 0. The van der Waals surface area contributed by atoms with Gasteiger partial charge < -0.3 is 20.3 Å². The van der Waals surface area contributed by atoms with Gasteiger partial charge in [-0.2, -0.15) is 0 Å². The van der Waals surface area contributed by atoms with E-state index in [2.05, 4.69) is 15.5 Å². The zero-order valence-electron chi connectivity index (χ0n) is 13.8. The van der Waals surface area contributed by atoms with Crippen molar-refractivity contribution in [2.45, 2.75) is 19.3 Å². The molecule has 0 aromatic heterocycles. The number of hydrogen-bond donors (Lipinski definition) is 2. The van der Waals surface area contributed by atoms with Crippen molar-refractivity contribution < 1.29 is 18.3 Å². The van der Waals surface area contributed by atoms with Crippen LogP contribution in [0.2, 0.25) is 0 Å². The molecule has 0 saturated carbocycles. The number of hydrogen-bond acceptors (Lipinski definition) is 4. The lowest BCUT2D eigenvalue weighted by Crippen LogP contribution is -2.44. The number of ether oxygens (including phenoxy) is 1. The van der Waals surface area contributed by atoms with E-state index in [-0.39, 0.29) is 18.3 Å². The first kappa shape index (κ1) is 18.6. The Labute approximate surface area is 141 Å². The van der Waals surface area contributed by atoms with E-state index < -0.39 is 11.6 Å². The van der Waals surface area contributed by atoms with Gasteiger partial charge >= 0.3 is 0 Å². The number of halogens is 2. The zero-order valence-corrected chi connectivity index (χ0v) is 13.8. The Hall–Kier alpha value is -1.73. The lowest BCUT2D eigenvalue weighted by molar-refractivity contribution is -0.121. The van der Waals surface area contributed by atoms with Gasteiger partial charge in [-0.1, -0.05) is 0 Å². The molecule has 1 aromatic carbocycles. The van der Waals surface area contributed by atoms with Gasteiger partial charge in [-0.25, -0.2) is 8.78 Å². The minimum atomic E-state index is -0.729. The molecular weight excluding hydrogens is 316 g/mol. The van der Waals surface area contributed by atoms with Gasteiger partial charge in [0.15, 0.2) is 11.6 Å². The highest BCUT2D eigenvalue weighted by Gasteiger charge is 2.09. The summed E-state index contributed by atoms with van der Waals surface area (Å²) in [5.74, 6) is -1.39. The number of carbonyl (C=O) groups is 1. The molecule has 134 valence electrons. The number of carbonyl (C=O) groups excluding carboxylic acids is 1. The van der Waals surface area contributed by atoms with Crippen LogP contribution in [0.25, 0.3) is 0 Å². The van der Waals surface area contributed by atoms with Crippen molar-refractivity contribution in [1.82, 2.24) is 15.5 Å². The third-order valence-electron chi connectivity index (χ3n) is 3.88. The van der Waals surface area contributed by atoms with Crippen LogP contribution in [0, 0.1) is 11.6 Å². The molecule has 0 atom stereocenters. The smallest absolute Gasteiger partial charge is 0.220 e. The van der Waals surface area contributed by atoms with Gasteiger partial charge in [0.2, 0.25) is 5.91 Å². The van der Waals surface area contributed by atoms with E-state index in [0.717, 1.165) is 51.3 Å². The fraction of sp³-hybridized carbons (Fsp3) is 0.588. The number of piperazine rings is 1. The maximum absolute atomic E-state index is 13.3. The van der Waals surface area contributed by atoms with Crippen LogP contribution in [0.15, 0.2) is 18.2 Å². The molecule has 2 N–H and O–H groups in total. The monoisotopic (exact) mass is 341 g/mol. The van der Waals surface area contributed by atoms with E-state index in [9.17, 15) is 13.6 Å². The standard InChI is InChI=1S/C17H25F2N3O2/c18-14-4-5-16(15(19)13-14)24-12-1-3-17(23)21-6-2-9-22-10-7-20-8-11-22/h4-5,13,20H,1-3,6-12H2,(H,21,23). The van der Waals surface area contributed by atoms with E-state index in [1.54, 1.807) is 0 Å². The number of nitrogens with one attached hydrogen (secondary N) is 2. The highest BCUT2D eigenvalue weighted by molar-refractivity contribution is 5.75. The summed E-state index contributed by atoms with van der Waals surface area (Å²) >= 11 is 0. The van der Waals surface area contributed by atoms with E-state index in [1.807, 2.05) is 0 Å². The lowest BCUT2D eigenvalue weighted by atomic mass is 10.3. The Kier molecular flexibility index (Phi) is 7.91. The predicted molar refractivity (Wildman–Crippen MR) is 88.0 cm³/mol. The van der Waals surface area contributed by atoms with Crippen LogP contribution in [0.1, 0.15) is 19.3 Å². The Bertz CT molecular complexity index is 523. The summed E-state index contributed by atoms with van der Waals surface area (Å²) < 4.78 is 31.3. The highest BCUT2D eigenvalue weighted by atomic mass is 19.1. The van der Waals surface area contributed by atoms with E-state index >= 15 is 0 Å². The Morgan fingerprint density at radius 1 is 1.25 bits per heavy atom. The van der Waals surface area contributed by atoms with Gasteiger partial charge in [0.05, 0.1) is 6.61 Å². The molecule has 1 fully saturated rings. The molecule has 0 spiro atoms. The first-order valence-electron chi connectivity index (χ1n) is 8.43. The Morgan fingerprint density at radius 2 is 2.04 bits per heavy atom. The molecule has 7 heteroatoms. The molecule has 0 unspecified atom stereocenters. The second-order valence-corrected chi connectivity index (χ2v) is 5.82. The van der Waals surface area contributed by atoms with Crippen molar-refractivity contribution in [2.24, 2.45) is 0 Å². The van der Waals surface area contributed by atoms with Crippen molar-refractivity contribution in [1.29, 1.82) is 0 Å². The molecule has 1 amide bonds. The minimum absolute atomic E-state index is 0.00725. The van der Waals surface area contributed by atoms with Crippen molar-refractivity contribution in [3.05, 3.63) is 29.8 Å². The molecule has 1 heterocycles. The molecule has 5 nitrogen and oxygen atoms in total. The van der Waals surface area contributed by atoms with Crippen molar-refractivity contribution in [3.8, 4) is 5.75 Å². The Balaban J connectivity index is 1.50. The quantitative estimate of drug-likeness (QED) is 0.669. The number of amides is 1. The maximum Gasteiger partial charge on any atom is 0.220 e. The molecule has 0 radical (unpaired) electrons. The van der Waals surface area contributed by atoms with Crippen molar-refractivity contribution >= 4 is 5.91 Å². The van der Waals surface area contributed by atoms with Crippen molar-refractivity contribution in [2.75, 3.05) is 45.9 Å². The summed E-state index contributed by atoms with van der Waals surface area (Å²) in [6.07, 6.45) is 1.75. The Morgan fingerprint density at radius 3 is 2.79 bits per heavy atom. The van der Waals surface area contributed by atoms with Crippen LogP contribution in [0.3, 0.4) is 0 Å². The topological polar surface area (TPSA) is 53.6 Å². The van der Waals surface area contributed by atoms with Crippen LogP contribution >= 0.6 is 0 Å². The fourth-order valence-electron chi connectivity index (χ4n) is 2.56. The molecule has 24 heavy (non-hydrogen) atoms. The molecule has 0 aliphatic carbocycles. The largest absolute Gasteiger partial charge is 0.491 e. The molecule has 2 rings (SSSR count). The normalized spacial score (nSPS) is 15.2. The SMILES string of the molecule is O=C(CCCOc1ccc(F)cc1F)NCCCN1CCNCC1. The average Bonchev–Trinajstić information content (AvgIpc) is 2.58. The first-order valence-corrected chi connectivity index (χ1v) is 8.43. The third kappa shape index (κ3) is 6.80. The summed E-state index contributed by atoms with van der Waals surface area (Å²) in [5, 5.41) is 6.18. The van der Waals surface area contributed by atoms with Gasteiger partial charge in [0.1, 0.15) is 5.82 Å². The number of benzene rings is 1. The van der Waals surface area contributed by atoms with E-state index in [0.29, 0.717) is 19.4 Å². The number of rotatable bonds is 9. The number of nitrogens with zero attached hydrogens (tertiary/aromatic N) is 1.